The van der Waals surface area contributed by atoms with Crippen molar-refractivity contribution in [3.63, 3.8) is 0 Å². The molecule has 4 rings (SSSR count). The number of halogens is 1. The molecule has 2 aliphatic carbocycles. The van der Waals surface area contributed by atoms with Gasteiger partial charge < -0.3 is 20.7 Å². The second kappa shape index (κ2) is 11.4. The average Bonchev–Trinajstić information content (AvgIpc) is 3.16. The van der Waals surface area contributed by atoms with Crippen LogP contribution in [0.5, 0.6) is 0 Å². The standard InChI is InChI=1S/C27H41N3O3.ClH/c1-26(2,28)25(32)29-23(19-33-18-20-8-4-3-5-9-20)24(31)30-16-14-27(15-17-30)13-12-21-10-6-7-11-22(21)27;/h6-7,10-11,20,23H,3-5,8-9,12-19,28H2,1-2H3,(H,29,32);1H. The number of likely N-dealkylation sites (tertiary alicyclic amines) is 1. The third-order valence-electron chi connectivity index (χ3n) is 8.05. The van der Waals surface area contributed by atoms with Crippen LogP contribution in [0, 0.1) is 5.92 Å². The van der Waals surface area contributed by atoms with Gasteiger partial charge >= 0.3 is 0 Å². The summed E-state index contributed by atoms with van der Waals surface area (Å²) in [6, 6.07) is 8.08. The topological polar surface area (TPSA) is 84.7 Å². The molecule has 1 atom stereocenters. The second-order valence-electron chi connectivity index (χ2n) is 11.1. The third kappa shape index (κ3) is 6.13. The lowest BCUT2D eigenvalue weighted by molar-refractivity contribution is -0.140. The van der Waals surface area contributed by atoms with Crippen molar-refractivity contribution in [1.82, 2.24) is 10.2 Å². The number of aryl methyl sites for hydroxylation is 1. The minimum Gasteiger partial charge on any atom is -0.378 e. The van der Waals surface area contributed by atoms with Crippen LogP contribution in [-0.4, -0.2) is 54.6 Å². The monoisotopic (exact) mass is 491 g/mol. The lowest BCUT2D eigenvalue weighted by atomic mass is 9.74. The summed E-state index contributed by atoms with van der Waals surface area (Å²) in [6.45, 7) is 5.62. The molecule has 0 radical (unpaired) electrons. The van der Waals surface area contributed by atoms with E-state index in [1.807, 2.05) is 4.90 Å². The van der Waals surface area contributed by atoms with Crippen LogP contribution in [0.15, 0.2) is 24.3 Å². The molecule has 1 saturated carbocycles. The number of nitrogens with one attached hydrogen (secondary N) is 1. The van der Waals surface area contributed by atoms with E-state index in [1.165, 1.54) is 49.7 Å². The number of nitrogens with two attached hydrogens (primary N) is 1. The van der Waals surface area contributed by atoms with Gasteiger partial charge in [-0.3, -0.25) is 9.59 Å². The lowest BCUT2D eigenvalue weighted by Crippen LogP contribution is -2.59. The summed E-state index contributed by atoms with van der Waals surface area (Å²) in [5.41, 5.74) is 8.09. The Kier molecular flexibility index (Phi) is 9.04. The molecule has 1 saturated heterocycles. The first-order valence-corrected chi connectivity index (χ1v) is 12.8. The summed E-state index contributed by atoms with van der Waals surface area (Å²) in [6.07, 6.45) is 10.4. The number of amides is 2. The maximum atomic E-state index is 13.5. The summed E-state index contributed by atoms with van der Waals surface area (Å²) < 4.78 is 6.00. The van der Waals surface area contributed by atoms with Gasteiger partial charge in [-0.1, -0.05) is 43.5 Å². The number of hydrogen-bond acceptors (Lipinski definition) is 4. The van der Waals surface area contributed by atoms with Gasteiger partial charge in [-0.25, -0.2) is 0 Å². The van der Waals surface area contributed by atoms with Crippen molar-refractivity contribution in [3.05, 3.63) is 35.4 Å². The van der Waals surface area contributed by atoms with Gasteiger partial charge in [0.15, 0.2) is 0 Å². The number of carbonyl (C=O) groups is 2. The van der Waals surface area contributed by atoms with Crippen LogP contribution in [0.1, 0.15) is 76.3 Å². The summed E-state index contributed by atoms with van der Waals surface area (Å²) in [5.74, 6) is 0.200. The van der Waals surface area contributed by atoms with Gasteiger partial charge in [-0.05, 0) is 74.8 Å². The molecule has 3 N–H and O–H groups in total. The molecule has 1 unspecified atom stereocenters. The molecular formula is C27H42ClN3O3. The van der Waals surface area contributed by atoms with Crippen LogP contribution < -0.4 is 11.1 Å². The van der Waals surface area contributed by atoms with E-state index >= 15 is 0 Å². The Bertz CT molecular complexity index is 840. The molecule has 6 nitrogen and oxygen atoms in total. The molecule has 1 aromatic carbocycles. The Morgan fingerprint density at radius 1 is 1.15 bits per heavy atom. The van der Waals surface area contributed by atoms with Crippen LogP contribution in [0.2, 0.25) is 0 Å². The summed E-state index contributed by atoms with van der Waals surface area (Å²) >= 11 is 0. The quantitative estimate of drug-likeness (QED) is 0.608. The summed E-state index contributed by atoms with van der Waals surface area (Å²) in [4.78, 5) is 28.0. The normalized spacial score (nSPS) is 21.0. The molecule has 2 fully saturated rings. The average molecular weight is 492 g/mol. The Morgan fingerprint density at radius 3 is 2.50 bits per heavy atom. The van der Waals surface area contributed by atoms with Crippen LogP contribution >= 0.6 is 12.4 Å². The minimum atomic E-state index is -1.04. The molecule has 1 spiro atoms. The number of ether oxygens (including phenoxy) is 1. The third-order valence-corrected chi connectivity index (χ3v) is 8.05. The Balaban J connectivity index is 0.00000324. The molecule has 0 bridgehead atoms. The van der Waals surface area contributed by atoms with E-state index < -0.39 is 11.6 Å². The number of rotatable bonds is 7. The maximum Gasteiger partial charge on any atom is 0.247 e. The number of carbonyl (C=O) groups excluding carboxylic acids is 2. The van der Waals surface area contributed by atoms with Gasteiger partial charge in [0.1, 0.15) is 6.04 Å². The van der Waals surface area contributed by atoms with Crippen molar-refractivity contribution < 1.29 is 14.3 Å². The van der Waals surface area contributed by atoms with Crippen molar-refractivity contribution in [3.8, 4) is 0 Å². The first-order chi connectivity index (χ1) is 15.8. The molecule has 190 valence electrons. The van der Waals surface area contributed by atoms with Crippen LogP contribution in [0.4, 0.5) is 0 Å². The van der Waals surface area contributed by atoms with Crippen molar-refractivity contribution in [2.45, 2.75) is 88.6 Å². The summed E-state index contributed by atoms with van der Waals surface area (Å²) in [7, 11) is 0. The van der Waals surface area contributed by atoms with Crippen molar-refractivity contribution in [2.75, 3.05) is 26.3 Å². The number of nitrogens with zero attached hydrogens (tertiary/aromatic N) is 1. The van der Waals surface area contributed by atoms with E-state index in [-0.39, 0.29) is 36.2 Å². The molecule has 0 aromatic heterocycles. The zero-order valence-corrected chi connectivity index (χ0v) is 21.6. The zero-order chi connectivity index (χ0) is 23.5. The fourth-order valence-corrected chi connectivity index (χ4v) is 5.88. The molecule has 7 heteroatoms. The van der Waals surface area contributed by atoms with Crippen LogP contribution in [0.3, 0.4) is 0 Å². The fraction of sp³-hybridized carbons (Fsp3) is 0.704. The first-order valence-electron chi connectivity index (χ1n) is 12.8. The molecule has 3 aliphatic rings. The van der Waals surface area contributed by atoms with E-state index in [1.54, 1.807) is 13.8 Å². The zero-order valence-electron chi connectivity index (χ0n) is 20.8. The molecule has 1 heterocycles. The Labute approximate surface area is 210 Å². The van der Waals surface area contributed by atoms with Gasteiger partial charge in [-0.15, -0.1) is 12.4 Å². The number of benzene rings is 1. The van der Waals surface area contributed by atoms with Crippen molar-refractivity contribution in [2.24, 2.45) is 11.7 Å². The van der Waals surface area contributed by atoms with Gasteiger partial charge in [0, 0.05) is 19.7 Å². The number of hydrogen-bond donors (Lipinski definition) is 2. The fourth-order valence-electron chi connectivity index (χ4n) is 5.88. The smallest absolute Gasteiger partial charge is 0.247 e. The first kappa shape index (κ1) is 27.0. The predicted octanol–water partition coefficient (Wildman–Crippen LogP) is 3.73. The van der Waals surface area contributed by atoms with E-state index in [9.17, 15) is 9.59 Å². The van der Waals surface area contributed by atoms with E-state index in [0.29, 0.717) is 25.6 Å². The predicted molar refractivity (Wildman–Crippen MR) is 137 cm³/mol. The van der Waals surface area contributed by atoms with E-state index in [0.717, 1.165) is 19.3 Å². The van der Waals surface area contributed by atoms with Crippen molar-refractivity contribution >= 4 is 24.2 Å². The largest absolute Gasteiger partial charge is 0.378 e. The number of piperidine rings is 1. The molecule has 1 aliphatic heterocycles. The molecule has 1 aromatic rings. The van der Waals surface area contributed by atoms with Gasteiger partial charge in [0.05, 0.1) is 12.1 Å². The maximum absolute atomic E-state index is 13.5. The van der Waals surface area contributed by atoms with Crippen molar-refractivity contribution in [1.29, 1.82) is 0 Å². The Morgan fingerprint density at radius 2 is 1.82 bits per heavy atom. The van der Waals surface area contributed by atoms with Gasteiger partial charge in [-0.2, -0.15) is 0 Å². The van der Waals surface area contributed by atoms with E-state index in [2.05, 4.69) is 29.6 Å². The minimum absolute atomic E-state index is 0. The SMILES string of the molecule is CC(C)(N)C(=O)NC(COCC1CCCCC1)C(=O)N1CCC2(CCc3ccccc32)CC1.Cl. The highest BCUT2D eigenvalue weighted by atomic mass is 35.5. The van der Waals surface area contributed by atoms with E-state index in [4.69, 9.17) is 10.5 Å². The molecule has 34 heavy (non-hydrogen) atoms. The number of fused-ring (bicyclic) bond motifs is 2. The van der Waals surface area contributed by atoms with Crippen LogP contribution in [0.25, 0.3) is 0 Å². The highest BCUT2D eigenvalue weighted by Gasteiger charge is 2.42. The lowest BCUT2D eigenvalue weighted by Gasteiger charge is -2.41. The highest BCUT2D eigenvalue weighted by Crippen LogP contribution is 2.46. The second-order valence-corrected chi connectivity index (χ2v) is 11.1. The van der Waals surface area contributed by atoms with Crippen LogP contribution in [-0.2, 0) is 26.2 Å². The highest BCUT2D eigenvalue weighted by molar-refractivity contribution is 5.91. The van der Waals surface area contributed by atoms with Gasteiger partial charge in [0.2, 0.25) is 11.8 Å². The molecular weight excluding hydrogens is 450 g/mol. The van der Waals surface area contributed by atoms with Gasteiger partial charge in [0.25, 0.3) is 0 Å². The summed E-state index contributed by atoms with van der Waals surface area (Å²) in [5, 5.41) is 2.89. The Hall–Kier alpha value is -1.63. The molecule has 2 amide bonds.